The van der Waals surface area contributed by atoms with Crippen molar-refractivity contribution in [2.45, 2.75) is 52.7 Å². The fourth-order valence-electron chi connectivity index (χ4n) is 3.78. The predicted octanol–water partition coefficient (Wildman–Crippen LogP) is 5.41. The number of benzene rings is 2. The topological polar surface area (TPSA) is 107 Å². The zero-order chi connectivity index (χ0) is 27.3. The largest absolute Gasteiger partial charge is 0.493 e. The quantitative estimate of drug-likeness (QED) is 0.243. The third-order valence-corrected chi connectivity index (χ3v) is 5.42. The maximum absolute atomic E-state index is 13.2. The molecule has 3 rings (SSSR count). The summed E-state index contributed by atoms with van der Waals surface area (Å²) < 4.78 is 21.8. The second kappa shape index (κ2) is 11.4. The van der Waals surface area contributed by atoms with Crippen LogP contribution in [0, 0.1) is 5.92 Å². The molecule has 198 valence electrons. The number of ether oxygens (including phenoxy) is 3. The normalized spacial score (nSPS) is 12.2. The molecule has 0 bridgehead atoms. The highest BCUT2D eigenvalue weighted by atomic mass is 16.6. The van der Waals surface area contributed by atoms with E-state index in [-0.39, 0.29) is 11.7 Å². The summed E-state index contributed by atoms with van der Waals surface area (Å²) in [5.41, 5.74) is 0.530. The molecule has 0 aliphatic carbocycles. The van der Waals surface area contributed by atoms with Crippen LogP contribution >= 0.6 is 0 Å². The number of hydrogen-bond donors (Lipinski definition) is 1. The number of nitrogens with one attached hydrogen (secondary N) is 1. The minimum absolute atomic E-state index is 0.102. The summed E-state index contributed by atoms with van der Waals surface area (Å²) in [6.45, 7) is 9.11. The molecule has 0 aliphatic heterocycles. The molecule has 0 saturated heterocycles. The zero-order valence-electron chi connectivity index (χ0n) is 22.3. The molecule has 0 radical (unpaired) electrons. The lowest BCUT2D eigenvalue weighted by atomic mass is 10.0. The Morgan fingerprint density at radius 1 is 1.05 bits per heavy atom. The number of alkyl carbamates (subject to hydrolysis) is 1. The fraction of sp³-hybridized carbons (Fsp3) is 0.393. The van der Waals surface area contributed by atoms with Crippen molar-refractivity contribution in [3.05, 3.63) is 59.0 Å². The van der Waals surface area contributed by atoms with E-state index in [0.29, 0.717) is 29.1 Å². The van der Waals surface area contributed by atoms with Gasteiger partial charge in [0.1, 0.15) is 17.2 Å². The number of nitrogens with zero attached hydrogens (tertiary/aromatic N) is 1. The van der Waals surface area contributed by atoms with Gasteiger partial charge in [-0.25, -0.2) is 14.4 Å². The van der Waals surface area contributed by atoms with E-state index >= 15 is 0 Å². The van der Waals surface area contributed by atoms with Crippen LogP contribution < -0.4 is 25.3 Å². The summed E-state index contributed by atoms with van der Waals surface area (Å²) in [6, 6.07) is 12.8. The van der Waals surface area contributed by atoms with E-state index < -0.39 is 29.3 Å². The molecule has 1 atom stereocenters. The van der Waals surface area contributed by atoms with E-state index in [1.165, 1.54) is 13.2 Å². The van der Waals surface area contributed by atoms with Crippen LogP contribution in [0.4, 0.5) is 16.2 Å². The van der Waals surface area contributed by atoms with Crippen molar-refractivity contribution >= 4 is 34.4 Å². The van der Waals surface area contributed by atoms with Gasteiger partial charge in [-0.2, -0.15) is 0 Å². The lowest BCUT2D eigenvalue weighted by Crippen LogP contribution is -2.45. The Morgan fingerprint density at radius 3 is 2.41 bits per heavy atom. The number of amides is 1. The molecule has 37 heavy (non-hydrogen) atoms. The monoisotopic (exact) mass is 510 g/mol. The van der Waals surface area contributed by atoms with Crippen molar-refractivity contribution < 1.29 is 28.2 Å². The average Bonchev–Trinajstić information content (AvgIpc) is 2.81. The number of fused-ring (bicyclic) bond motifs is 1. The standard InChI is InChI=1S/C28H34N2O7/c1-17(2)14-20(29-27(33)37-28(3,4)5)26(32)36-24-15-18(12-13-23(24)34-7)30(6)21-16-25(31)35-22-11-9-8-10-19(21)22/h8-13,15-17,20H,14H2,1-7H3,(H,29,33)/t20-/m0/s1. The lowest BCUT2D eigenvalue weighted by molar-refractivity contribution is -0.137. The van der Waals surface area contributed by atoms with Crippen LogP contribution in [0.15, 0.2) is 57.7 Å². The summed E-state index contributed by atoms with van der Waals surface area (Å²) in [4.78, 5) is 39.5. The molecular formula is C28H34N2O7. The third kappa shape index (κ3) is 7.25. The van der Waals surface area contributed by atoms with Crippen molar-refractivity contribution in [3.8, 4) is 11.5 Å². The first kappa shape index (κ1) is 27.6. The van der Waals surface area contributed by atoms with Gasteiger partial charge in [0.05, 0.1) is 12.8 Å². The zero-order valence-corrected chi connectivity index (χ0v) is 22.3. The van der Waals surface area contributed by atoms with Crippen LogP contribution in [0.2, 0.25) is 0 Å². The average molecular weight is 511 g/mol. The Bertz CT molecular complexity index is 1320. The highest BCUT2D eigenvalue weighted by Gasteiger charge is 2.28. The van der Waals surface area contributed by atoms with Gasteiger partial charge in [-0.3, -0.25) is 0 Å². The van der Waals surface area contributed by atoms with Gasteiger partial charge in [0.2, 0.25) is 0 Å². The van der Waals surface area contributed by atoms with E-state index in [9.17, 15) is 14.4 Å². The second-order valence-corrected chi connectivity index (χ2v) is 10.1. The Balaban J connectivity index is 1.91. The molecule has 0 fully saturated rings. The van der Waals surface area contributed by atoms with Crippen LogP contribution in [0.1, 0.15) is 41.0 Å². The van der Waals surface area contributed by atoms with Gasteiger partial charge in [0.25, 0.3) is 0 Å². The van der Waals surface area contributed by atoms with Crippen LogP contribution in [0.5, 0.6) is 11.5 Å². The van der Waals surface area contributed by atoms with Crippen LogP contribution in [0.25, 0.3) is 11.0 Å². The predicted molar refractivity (Wildman–Crippen MR) is 142 cm³/mol. The smallest absolute Gasteiger partial charge is 0.408 e. The van der Waals surface area contributed by atoms with E-state index in [4.69, 9.17) is 18.6 Å². The van der Waals surface area contributed by atoms with Gasteiger partial charge in [0, 0.05) is 30.3 Å². The first-order valence-electron chi connectivity index (χ1n) is 12.0. The number of rotatable bonds is 8. The Hall–Kier alpha value is -4.01. The summed E-state index contributed by atoms with van der Waals surface area (Å²) in [5, 5.41) is 3.37. The Morgan fingerprint density at radius 2 is 1.76 bits per heavy atom. The van der Waals surface area contributed by atoms with Gasteiger partial charge in [-0.1, -0.05) is 26.0 Å². The minimum Gasteiger partial charge on any atom is -0.493 e. The molecule has 0 spiro atoms. The lowest BCUT2D eigenvalue weighted by Gasteiger charge is -2.24. The second-order valence-electron chi connectivity index (χ2n) is 10.1. The number of methoxy groups -OCH3 is 1. The number of hydrogen-bond acceptors (Lipinski definition) is 8. The molecule has 9 heteroatoms. The number of esters is 1. The Labute approximate surface area is 216 Å². The van der Waals surface area contributed by atoms with Crippen LogP contribution in [-0.2, 0) is 9.53 Å². The number of anilines is 2. The number of carbonyl (C=O) groups is 2. The highest BCUT2D eigenvalue weighted by molar-refractivity contribution is 5.92. The fourth-order valence-corrected chi connectivity index (χ4v) is 3.78. The molecule has 0 saturated carbocycles. The van der Waals surface area contributed by atoms with Crippen LogP contribution in [0.3, 0.4) is 0 Å². The molecule has 1 heterocycles. The van der Waals surface area contributed by atoms with Gasteiger partial charge >= 0.3 is 17.7 Å². The summed E-state index contributed by atoms with van der Waals surface area (Å²) in [6.07, 6.45) is -0.350. The molecule has 2 aromatic carbocycles. The van der Waals surface area contributed by atoms with Crippen molar-refractivity contribution in [1.29, 1.82) is 0 Å². The van der Waals surface area contributed by atoms with Crippen LogP contribution in [-0.4, -0.2) is 37.9 Å². The summed E-state index contributed by atoms with van der Waals surface area (Å²) in [7, 11) is 3.26. The molecule has 1 aromatic heterocycles. The molecule has 0 unspecified atom stereocenters. The molecule has 1 amide bonds. The molecule has 3 aromatic rings. The Kier molecular flexibility index (Phi) is 8.47. The highest BCUT2D eigenvalue weighted by Crippen LogP contribution is 2.36. The van der Waals surface area contributed by atoms with Crippen molar-refractivity contribution in [3.63, 3.8) is 0 Å². The summed E-state index contributed by atoms with van der Waals surface area (Å²) in [5.74, 6) is -0.0410. The minimum atomic E-state index is -0.927. The first-order chi connectivity index (χ1) is 17.4. The number of carbonyl (C=O) groups excluding carboxylic acids is 2. The maximum atomic E-state index is 13.2. The van der Waals surface area contributed by atoms with Crippen molar-refractivity contribution in [2.75, 3.05) is 19.1 Å². The van der Waals surface area contributed by atoms with E-state index in [2.05, 4.69) is 5.32 Å². The molecule has 9 nitrogen and oxygen atoms in total. The maximum Gasteiger partial charge on any atom is 0.408 e. The SMILES string of the molecule is COc1ccc(N(C)c2cc(=O)oc3ccccc23)cc1OC(=O)[C@H](CC(C)C)NC(=O)OC(C)(C)C. The van der Waals surface area contributed by atoms with Gasteiger partial charge in [-0.15, -0.1) is 0 Å². The van der Waals surface area contributed by atoms with E-state index in [1.807, 2.05) is 26.0 Å². The van der Waals surface area contributed by atoms with E-state index in [1.54, 1.807) is 63.1 Å². The third-order valence-electron chi connectivity index (χ3n) is 5.42. The van der Waals surface area contributed by atoms with Gasteiger partial charge in [0.15, 0.2) is 11.5 Å². The van der Waals surface area contributed by atoms with E-state index in [0.717, 1.165) is 5.39 Å². The number of para-hydroxylation sites is 1. The van der Waals surface area contributed by atoms with Gasteiger partial charge in [-0.05, 0) is 57.4 Å². The molecule has 1 N–H and O–H groups in total. The molecule has 0 aliphatic rings. The van der Waals surface area contributed by atoms with Crippen molar-refractivity contribution in [1.82, 2.24) is 5.32 Å². The summed E-state index contributed by atoms with van der Waals surface area (Å²) >= 11 is 0. The molecular weight excluding hydrogens is 476 g/mol. The van der Waals surface area contributed by atoms with Crippen molar-refractivity contribution in [2.24, 2.45) is 5.92 Å². The van der Waals surface area contributed by atoms with Gasteiger partial charge < -0.3 is 28.8 Å². The first-order valence-corrected chi connectivity index (χ1v) is 12.0.